The summed E-state index contributed by atoms with van der Waals surface area (Å²) in [7, 11) is 0. The van der Waals surface area contributed by atoms with E-state index in [1.165, 1.54) is 23.9 Å². The van der Waals surface area contributed by atoms with Crippen LogP contribution < -0.4 is 5.73 Å². The number of hydrogen-bond donors (Lipinski definition) is 1. The van der Waals surface area contributed by atoms with Crippen molar-refractivity contribution in [3.63, 3.8) is 0 Å². The van der Waals surface area contributed by atoms with E-state index in [0.717, 1.165) is 10.5 Å². The lowest BCUT2D eigenvalue weighted by Gasteiger charge is -2.08. The van der Waals surface area contributed by atoms with E-state index >= 15 is 0 Å². The summed E-state index contributed by atoms with van der Waals surface area (Å²) < 4.78 is 27.6. The Bertz CT molecular complexity index is 617. The molecule has 2 aromatic rings. The van der Waals surface area contributed by atoms with Crippen molar-refractivity contribution in [1.29, 1.82) is 0 Å². The topological polar surface area (TPSA) is 26.0 Å². The van der Waals surface area contributed by atoms with Gasteiger partial charge < -0.3 is 5.73 Å². The van der Waals surface area contributed by atoms with Crippen LogP contribution in [0.25, 0.3) is 0 Å². The molecule has 100 valence electrons. The molecular formula is C14H12BrF2NS. The second-order valence-corrected chi connectivity index (χ2v) is 6.03. The number of anilines is 1. The molecule has 0 fully saturated rings. The van der Waals surface area contributed by atoms with Crippen molar-refractivity contribution in [2.45, 2.75) is 17.6 Å². The van der Waals surface area contributed by atoms with Crippen LogP contribution in [0.1, 0.15) is 11.1 Å². The molecule has 0 saturated carbocycles. The highest BCUT2D eigenvalue weighted by Crippen LogP contribution is 2.30. The average molecular weight is 344 g/mol. The van der Waals surface area contributed by atoms with Crippen LogP contribution in [0.4, 0.5) is 14.5 Å². The largest absolute Gasteiger partial charge is 0.399 e. The van der Waals surface area contributed by atoms with Gasteiger partial charge in [-0.2, -0.15) is 0 Å². The summed E-state index contributed by atoms with van der Waals surface area (Å²) >= 11 is 4.44. The molecule has 0 spiro atoms. The number of thioether (sulfide) groups is 1. The zero-order valence-corrected chi connectivity index (χ0v) is 12.6. The van der Waals surface area contributed by atoms with Crippen molar-refractivity contribution in [2.75, 3.05) is 5.73 Å². The lowest BCUT2D eigenvalue weighted by atomic mass is 10.2. The number of nitrogens with two attached hydrogens (primary N) is 1. The van der Waals surface area contributed by atoms with Crippen molar-refractivity contribution < 1.29 is 8.78 Å². The maximum absolute atomic E-state index is 13.8. The summed E-state index contributed by atoms with van der Waals surface area (Å²) in [4.78, 5) is 0.936. The van der Waals surface area contributed by atoms with Crippen molar-refractivity contribution in [3.05, 3.63) is 57.6 Å². The molecule has 0 amide bonds. The monoisotopic (exact) mass is 343 g/mol. The molecule has 0 heterocycles. The van der Waals surface area contributed by atoms with Gasteiger partial charge in [-0.3, -0.25) is 0 Å². The van der Waals surface area contributed by atoms with Crippen LogP contribution in [0.5, 0.6) is 0 Å². The smallest absolute Gasteiger partial charge is 0.144 e. The molecule has 2 N–H and O–H groups in total. The summed E-state index contributed by atoms with van der Waals surface area (Å²) in [5.74, 6) is -0.833. The van der Waals surface area contributed by atoms with E-state index in [1.807, 2.05) is 19.1 Å². The fourth-order valence-corrected chi connectivity index (χ4v) is 2.97. The quantitative estimate of drug-likeness (QED) is 0.486. The highest BCUT2D eigenvalue weighted by molar-refractivity contribution is 9.10. The molecule has 0 aromatic heterocycles. The second-order valence-electron chi connectivity index (χ2n) is 4.13. The van der Waals surface area contributed by atoms with Gasteiger partial charge in [-0.05, 0) is 58.7 Å². The van der Waals surface area contributed by atoms with Gasteiger partial charge in [-0.15, -0.1) is 11.8 Å². The zero-order chi connectivity index (χ0) is 14.0. The zero-order valence-electron chi connectivity index (χ0n) is 10.2. The second kappa shape index (κ2) is 5.92. The number of benzene rings is 2. The van der Waals surface area contributed by atoms with Crippen LogP contribution in [-0.2, 0) is 5.75 Å². The van der Waals surface area contributed by atoms with Gasteiger partial charge in [0.2, 0.25) is 0 Å². The van der Waals surface area contributed by atoms with Crippen LogP contribution in [0.2, 0.25) is 0 Å². The number of nitrogen functional groups attached to an aromatic ring is 1. The third-order valence-corrected chi connectivity index (χ3v) is 4.40. The molecule has 0 aliphatic heterocycles. The average Bonchev–Trinajstić information content (AvgIpc) is 2.38. The third kappa shape index (κ3) is 3.28. The fourth-order valence-electron chi connectivity index (χ4n) is 1.59. The number of halogens is 3. The van der Waals surface area contributed by atoms with Gasteiger partial charge in [0.05, 0.1) is 4.47 Å². The third-order valence-electron chi connectivity index (χ3n) is 2.76. The molecule has 2 rings (SSSR count). The summed E-state index contributed by atoms with van der Waals surface area (Å²) in [5.41, 5.74) is 7.48. The Morgan fingerprint density at radius 2 is 1.95 bits per heavy atom. The summed E-state index contributed by atoms with van der Waals surface area (Å²) in [5, 5.41) is 0. The summed E-state index contributed by atoms with van der Waals surface area (Å²) in [6, 6.07) is 8.18. The van der Waals surface area contributed by atoms with E-state index in [1.54, 1.807) is 6.07 Å². The summed E-state index contributed by atoms with van der Waals surface area (Å²) in [6.45, 7) is 1.90. The maximum Gasteiger partial charge on any atom is 0.144 e. The molecular weight excluding hydrogens is 332 g/mol. The first-order chi connectivity index (χ1) is 8.99. The van der Waals surface area contributed by atoms with Crippen molar-refractivity contribution >= 4 is 33.4 Å². The maximum atomic E-state index is 13.8. The Hall–Kier alpha value is -1.07. The molecule has 0 atom stereocenters. The first-order valence-electron chi connectivity index (χ1n) is 5.60. The molecule has 0 aliphatic carbocycles. The number of hydrogen-bond acceptors (Lipinski definition) is 2. The SMILES string of the molecule is Cc1cc(SCc2c(F)ccc(Br)c2F)ccc1N. The lowest BCUT2D eigenvalue weighted by molar-refractivity contribution is 0.562. The molecule has 0 saturated heterocycles. The van der Waals surface area contributed by atoms with Gasteiger partial charge in [0, 0.05) is 21.9 Å². The Labute approximate surface area is 123 Å². The molecule has 0 unspecified atom stereocenters. The van der Waals surface area contributed by atoms with Crippen LogP contribution in [0, 0.1) is 18.6 Å². The Morgan fingerprint density at radius 3 is 2.63 bits per heavy atom. The molecule has 5 heteroatoms. The highest BCUT2D eigenvalue weighted by Gasteiger charge is 2.12. The number of aryl methyl sites for hydroxylation is 1. The molecule has 0 aliphatic rings. The highest BCUT2D eigenvalue weighted by atomic mass is 79.9. The first-order valence-corrected chi connectivity index (χ1v) is 7.38. The lowest BCUT2D eigenvalue weighted by Crippen LogP contribution is -1.95. The predicted octanol–water partition coefficient (Wildman–Crippen LogP) is 4.91. The van der Waals surface area contributed by atoms with Gasteiger partial charge in [0.15, 0.2) is 0 Å². The standard InChI is InChI=1S/C14H12BrF2NS/c1-8-6-9(2-5-13(8)18)19-7-10-12(16)4-3-11(15)14(10)17/h2-6H,7,18H2,1H3. The fraction of sp³-hybridized carbons (Fsp3) is 0.143. The molecule has 0 bridgehead atoms. The number of rotatable bonds is 3. The molecule has 19 heavy (non-hydrogen) atoms. The van der Waals surface area contributed by atoms with Crippen molar-refractivity contribution in [3.8, 4) is 0 Å². The van der Waals surface area contributed by atoms with Crippen LogP contribution in [-0.4, -0.2) is 0 Å². The first kappa shape index (κ1) is 14.3. The predicted molar refractivity (Wildman–Crippen MR) is 79.2 cm³/mol. The van der Waals surface area contributed by atoms with E-state index < -0.39 is 11.6 Å². The molecule has 2 aromatic carbocycles. The molecule has 0 radical (unpaired) electrons. The van der Waals surface area contributed by atoms with Crippen LogP contribution >= 0.6 is 27.7 Å². The summed E-state index contributed by atoms with van der Waals surface area (Å²) in [6.07, 6.45) is 0. The van der Waals surface area contributed by atoms with Gasteiger partial charge in [-0.25, -0.2) is 8.78 Å². The minimum absolute atomic E-state index is 0.0776. The Balaban J connectivity index is 2.19. The van der Waals surface area contributed by atoms with E-state index in [-0.39, 0.29) is 15.8 Å². The minimum atomic E-state index is -0.542. The normalized spacial score (nSPS) is 10.7. The van der Waals surface area contributed by atoms with Crippen LogP contribution in [0.15, 0.2) is 39.7 Å². The minimum Gasteiger partial charge on any atom is -0.399 e. The van der Waals surface area contributed by atoms with E-state index in [4.69, 9.17) is 5.73 Å². The Morgan fingerprint density at radius 1 is 1.21 bits per heavy atom. The van der Waals surface area contributed by atoms with E-state index in [0.29, 0.717) is 5.69 Å². The van der Waals surface area contributed by atoms with Gasteiger partial charge in [0.25, 0.3) is 0 Å². The van der Waals surface area contributed by atoms with E-state index in [9.17, 15) is 8.78 Å². The molecule has 1 nitrogen and oxygen atoms in total. The van der Waals surface area contributed by atoms with Crippen LogP contribution in [0.3, 0.4) is 0 Å². The van der Waals surface area contributed by atoms with Gasteiger partial charge >= 0.3 is 0 Å². The van der Waals surface area contributed by atoms with E-state index in [2.05, 4.69) is 15.9 Å². The van der Waals surface area contributed by atoms with Gasteiger partial charge in [0.1, 0.15) is 11.6 Å². The van der Waals surface area contributed by atoms with Crippen molar-refractivity contribution in [1.82, 2.24) is 0 Å². The van der Waals surface area contributed by atoms with Gasteiger partial charge in [-0.1, -0.05) is 0 Å². The Kier molecular flexibility index (Phi) is 4.47. The van der Waals surface area contributed by atoms with Crippen molar-refractivity contribution in [2.24, 2.45) is 0 Å².